The molecule has 0 aliphatic carbocycles. The van der Waals surface area contributed by atoms with Gasteiger partial charge in [-0.25, -0.2) is 4.99 Å². The lowest BCUT2D eigenvalue weighted by Gasteiger charge is -2.17. The first kappa shape index (κ1) is 21.2. The number of carbonyl (C=O) groups excluding carboxylic acids is 1. The predicted molar refractivity (Wildman–Crippen MR) is 137 cm³/mol. The fourth-order valence-corrected chi connectivity index (χ4v) is 6.16. The predicted octanol–water partition coefficient (Wildman–Crippen LogP) is 7.14. The van der Waals surface area contributed by atoms with Crippen LogP contribution in [-0.4, -0.2) is 18.1 Å². The van der Waals surface area contributed by atoms with Gasteiger partial charge in [0.15, 0.2) is 5.17 Å². The molecule has 0 radical (unpaired) electrons. The van der Waals surface area contributed by atoms with Gasteiger partial charge in [0.05, 0.1) is 22.1 Å². The molecule has 3 aromatic rings. The molecule has 0 N–H and O–H groups in total. The highest BCUT2D eigenvalue weighted by Crippen LogP contribution is 2.50. The van der Waals surface area contributed by atoms with Crippen molar-refractivity contribution in [2.75, 3.05) is 16.8 Å². The van der Waals surface area contributed by atoms with Crippen molar-refractivity contribution in [3.63, 3.8) is 0 Å². The van der Waals surface area contributed by atoms with Gasteiger partial charge in [0.25, 0.3) is 5.91 Å². The first-order valence-electron chi connectivity index (χ1n) is 10.1. The number of hydrogen-bond donors (Lipinski definition) is 0. The van der Waals surface area contributed by atoms with E-state index in [0.29, 0.717) is 15.1 Å². The highest BCUT2D eigenvalue weighted by atomic mass is 35.5. The van der Waals surface area contributed by atoms with Crippen LogP contribution in [0.2, 0.25) is 5.02 Å². The van der Waals surface area contributed by atoms with Gasteiger partial charge in [-0.2, -0.15) is 0 Å². The van der Waals surface area contributed by atoms with Crippen LogP contribution in [0.3, 0.4) is 0 Å². The van der Waals surface area contributed by atoms with Crippen LogP contribution in [0.15, 0.2) is 86.6 Å². The third-order valence-corrected chi connectivity index (χ3v) is 8.16. The van der Waals surface area contributed by atoms with E-state index in [1.54, 1.807) is 16.7 Å². The molecule has 0 atom stereocenters. The summed E-state index contributed by atoms with van der Waals surface area (Å²) in [5, 5.41) is 2.20. The summed E-state index contributed by atoms with van der Waals surface area (Å²) in [6, 6.07) is 21.8. The van der Waals surface area contributed by atoms with Crippen molar-refractivity contribution in [3.05, 3.63) is 92.8 Å². The molecule has 2 aliphatic rings. The average Bonchev–Trinajstić information content (AvgIpc) is 3.27. The zero-order chi connectivity index (χ0) is 22.4. The van der Waals surface area contributed by atoms with Crippen LogP contribution in [0, 0.1) is 13.8 Å². The number of anilines is 2. The van der Waals surface area contributed by atoms with Crippen molar-refractivity contribution in [1.29, 1.82) is 0 Å². The molecular weight excluding hydrogens is 458 g/mol. The van der Waals surface area contributed by atoms with Crippen LogP contribution >= 0.6 is 35.1 Å². The number of benzene rings is 3. The number of carbonyl (C=O) groups is 1. The standard InChI is InChI=1S/C25H20ClN3OS2/c1-15-7-6-8-18(13-15)29-23(30)22(24-28(3)20-9-4-5-10-21(20)31-24)32-25(29)27-17-12-11-16(2)19(26)14-17/h4-14H,1-3H3/b24-22-,27-25?. The molecule has 0 bridgehead atoms. The molecule has 0 spiro atoms. The summed E-state index contributed by atoms with van der Waals surface area (Å²) in [4.78, 5) is 24.2. The number of aryl methyl sites for hydroxylation is 2. The Balaban J connectivity index is 1.63. The maximum absolute atomic E-state index is 13.7. The third kappa shape index (κ3) is 3.72. The number of nitrogens with zero attached hydrogens (tertiary/aromatic N) is 3. The first-order valence-corrected chi connectivity index (χ1v) is 12.1. The Kier molecular flexibility index (Phi) is 5.53. The van der Waals surface area contributed by atoms with E-state index < -0.39 is 0 Å². The quantitative estimate of drug-likeness (QED) is 0.367. The number of amidine groups is 1. The van der Waals surface area contributed by atoms with Gasteiger partial charge >= 0.3 is 0 Å². The normalized spacial score (nSPS) is 19.2. The van der Waals surface area contributed by atoms with Gasteiger partial charge in [-0.3, -0.25) is 9.69 Å². The second-order valence-electron chi connectivity index (χ2n) is 7.67. The SMILES string of the molecule is Cc1cccc(N2C(=O)/C(=C3/Sc4ccccc4N3C)SC2=Nc2ccc(C)c(Cl)c2)c1. The number of amides is 1. The van der Waals surface area contributed by atoms with Crippen LogP contribution < -0.4 is 9.80 Å². The molecule has 1 amide bonds. The highest BCUT2D eigenvalue weighted by Gasteiger charge is 2.40. The number of hydrogen-bond acceptors (Lipinski definition) is 5. The van der Waals surface area contributed by atoms with E-state index in [-0.39, 0.29) is 5.91 Å². The average molecular weight is 478 g/mol. The zero-order valence-corrected chi connectivity index (χ0v) is 20.2. The largest absolute Gasteiger partial charge is 0.337 e. The van der Waals surface area contributed by atoms with E-state index in [9.17, 15) is 4.79 Å². The molecule has 7 heteroatoms. The number of rotatable bonds is 2. The van der Waals surface area contributed by atoms with Crippen molar-refractivity contribution in [1.82, 2.24) is 0 Å². The zero-order valence-electron chi connectivity index (χ0n) is 17.8. The number of aliphatic imine (C=N–C) groups is 1. The van der Waals surface area contributed by atoms with E-state index >= 15 is 0 Å². The minimum Gasteiger partial charge on any atom is -0.337 e. The minimum atomic E-state index is -0.0697. The van der Waals surface area contributed by atoms with Crippen molar-refractivity contribution in [3.8, 4) is 0 Å². The van der Waals surface area contributed by atoms with E-state index in [1.165, 1.54) is 11.8 Å². The molecule has 0 saturated carbocycles. The smallest absolute Gasteiger partial charge is 0.274 e. The Bertz CT molecular complexity index is 1320. The molecule has 2 heterocycles. The molecule has 32 heavy (non-hydrogen) atoms. The summed E-state index contributed by atoms with van der Waals surface area (Å²) in [5.74, 6) is -0.0697. The number of halogens is 1. The van der Waals surface area contributed by atoms with Gasteiger partial charge in [0.2, 0.25) is 0 Å². The van der Waals surface area contributed by atoms with Gasteiger partial charge in [-0.15, -0.1) is 0 Å². The summed E-state index contributed by atoms with van der Waals surface area (Å²) < 4.78 is 0. The van der Waals surface area contributed by atoms with Crippen LogP contribution in [0.4, 0.5) is 17.1 Å². The minimum absolute atomic E-state index is 0.0697. The molecule has 4 nitrogen and oxygen atoms in total. The molecule has 1 saturated heterocycles. The summed E-state index contributed by atoms with van der Waals surface area (Å²) in [7, 11) is 2.00. The fraction of sp³-hybridized carbons (Fsp3) is 0.120. The Hall–Kier alpha value is -2.67. The molecule has 0 aromatic heterocycles. The lowest BCUT2D eigenvalue weighted by Crippen LogP contribution is -2.29. The van der Waals surface area contributed by atoms with Gasteiger partial charge < -0.3 is 4.90 Å². The van der Waals surface area contributed by atoms with Gasteiger partial charge in [0.1, 0.15) is 4.91 Å². The molecule has 0 unspecified atom stereocenters. The number of fused-ring (bicyclic) bond motifs is 1. The van der Waals surface area contributed by atoms with Gasteiger partial charge in [-0.05, 0) is 73.1 Å². The van der Waals surface area contributed by atoms with Crippen LogP contribution in [-0.2, 0) is 4.79 Å². The van der Waals surface area contributed by atoms with Crippen molar-refractivity contribution >= 4 is 63.3 Å². The van der Waals surface area contributed by atoms with E-state index in [1.807, 2.05) is 75.5 Å². The van der Waals surface area contributed by atoms with Crippen LogP contribution in [0.25, 0.3) is 0 Å². The summed E-state index contributed by atoms with van der Waals surface area (Å²) in [6.07, 6.45) is 0. The maximum atomic E-state index is 13.7. The second-order valence-corrected chi connectivity index (χ2v) is 10.1. The number of para-hydroxylation sites is 1. The highest BCUT2D eigenvalue weighted by molar-refractivity contribution is 8.20. The van der Waals surface area contributed by atoms with Gasteiger partial charge in [0, 0.05) is 17.0 Å². The fourth-order valence-electron chi connectivity index (χ4n) is 3.63. The summed E-state index contributed by atoms with van der Waals surface area (Å²) in [6.45, 7) is 3.98. The van der Waals surface area contributed by atoms with E-state index in [4.69, 9.17) is 16.6 Å². The topological polar surface area (TPSA) is 35.9 Å². The molecule has 5 rings (SSSR count). The summed E-state index contributed by atoms with van der Waals surface area (Å²) in [5.41, 5.74) is 4.70. The third-order valence-electron chi connectivity index (χ3n) is 5.35. The van der Waals surface area contributed by atoms with Crippen molar-refractivity contribution in [2.45, 2.75) is 18.7 Å². The molecule has 3 aromatic carbocycles. The Labute approximate surface area is 201 Å². The Morgan fingerprint density at radius 3 is 2.50 bits per heavy atom. The second kappa shape index (κ2) is 8.35. The molecule has 1 fully saturated rings. The number of thioether (sulfide) groups is 2. The monoisotopic (exact) mass is 477 g/mol. The van der Waals surface area contributed by atoms with Gasteiger partial charge in [-0.1, -0.05) is 53.7 Å². The van der Waals surface area contributed by atoms with Crippen molar-refractivity contribution in [2.24, 2.45) is 4.99 Å². The Morgan fingerprint density at radius 2 is 1.75 bits per heavy atom. The van der Waals surface area contributed by atoms with E-state index in [0.717, 1.165) is 38.1 Å². The van der Waals surface area contributed by atoms with Crippen molar-refractivity contribution < 1.29 is 4.79 Å². The molecule has 160 valence electrons. The first-order chi connectivity index (χ1) is 15.4. The maximum Gasteiger partial charge on any atom is 0.274 e. The Morgan fingerprint density at radius 1 is 0.938 bits per heavy atom. The lowest BCUT2D eigenvalue weighted by atomic mass is 10.2. The molecular formula is C25H20ClN3OS2. The lowest BCUT2D eigenvalue weighted by molar-refractivity contribution is -0.113. The van der Waals surface area contributed by atoms with Crippen LogP contribution in [0.1, 0.15) is 11.1 Å². The summed E-state index contributed by atoms with van der Waals surface area (Å²) >= 11 is 9.35. The molecule has 2 aliphatic heterocycles. The van der Waals surface area contributed by atoms with E-state index in [2.05, 4.69) is 17.0 Å². The van der Waals surface area contributed by atoms with Crippen LogP contribution in [0.5, 0.6) is 0 Å².